The van der Waals surface area contributed by atoms with Gasteiger partial charge >= 0.3 is 0 Å². The van der Waals surface area contributed by atoms with Gasteiger partial charge in [-0.1, -0.05) is 18.2 Å². The van der Waals surface area contributed by atoms with Crippen LogP contribution in [0.2, 0.25) is 0 Å². The summed E-state index contributed by atoms with van der Waals surface area (Å²) in [5, 5.41) is 0. The Morgan fingerprint density at radius 3 is 2.89 bits per heavy atom. The van der Waals surface area contributed by atoms with Gasteiger partial charge in [-0.15, -0.1) is 0 Å². The molecule has 1 amide bonds. The Balaban J connectivity index is 1.98. The van der Waals surface area contributed by atoms with Crippen LogP contribution in [0.5, 0.6) is 0 Å². The second-order valence-electron chi connectivity index (χ2n) is 5.26. The number of nitrogens with zero attached hydrogens (tertiary/aromatic N) is 2. The van der Waals surface area contributed by atoms with Crippen LogP contribution in [-0.4, -0.2) is 62.1 Å². The van der Waals surface area contributed by atoms with Gasteiger partial charge in [0.25, 0.3) is 5.91 Å². The molecule has 0 bridgehead atoms. The lowest BCUT2D eigenvalue weighted by atomic mass is 10.1. The van der Waals surface area contributed by atoms with E-state index < -0.39 is 0 Å². The minimum atomic E-state index is 0.0647. The third-order valence-electron chi connectivity index (χ3n) is 3.54. The maximum Gasteiger partial charge on any atom is 0.253 e. The van der Waals surface area contributed by atoms with Crippen LogP contribution >= 0.6 is 0 Å². The topological polar surface area (TPSA) is 32.8 Å². The zero-order chi connectivity index (χ0) is 13.8. The van der Waals surface area contributed by atoms with Gasteiger partial charge in [-0.2, -0.15) is 0 Å². The fourth-order valence-corrected chi connectivity index (χ4v) is 2.38. The van der Waals surface area contributed by atoms with Crippen molar-refractivity contribution in [2.24, 2.45) is 0 Å². The Morgan fingerprint density at radius 1 is 1.47 bits per heavy atom. The number of aryl methyl sites for hydroxylation is 1. The van der Waals surface area contributed by atoms with Crippen LogP contribution < -0.4 is 0 Å². The van der Waals surface area contributed by atoms with E-state index >= 15 is 0 Å². The van der Waals surface area contributed by atoms with Crippen LogP contribution in [0.25, 0.3) is 0 Å². The van der Waals surface area contributed by atoms with E-state index in [1.54, 1.807) is 4.90 Å². The maximum absolute atomic E-state index is 12.4. The van der Waals surface area contributed by atoms with Crippen molar-refractivity contribution in [1.82, 2.24) is 9.80 Å². The van der Waals surface area contributed by atoms with Crippen LogP contribution in [0, 0.1) is 6.92 Å². The van der Waals surface area contributed by atoms with E-state index in [0.717, 1.165) is 30.8 Å². The van der Waals surface area contributed by atoms with Crippen molar-refractivity contribution in [3.63, 3.8) is 0 Å². The predicted molar refractivity (Wildman–Crippen MR) is 75.4 cm³/mol. The lowest BCUT2D eigenvalue weighted by Crippen LogP contribution is -2.46. The van der Waals surface area contributed by atoms with Gasteiger partial charge in [0.05, 0.1) is 12.7 Å². The molecule has 104 valence electrons. The highest BCUT2D eigenvalue weighted by Gasteiger charge is 2.22. The number of carbonyl (C=O) groups is 1. The summed E-state index contributed by atoms with van der Waals surface area (Å²) in [7, 11) is 3.92. The fourth-order valence-electron chi connectivity index (χ4n) is 2.38. The van der Waals surface area contributed by atoms with E-state index in [9.17, 15) is 4.79 Å². The third-order valence-corrected chi connectivity index (χ3v) is 3.54. The Kier molecular flexibility index (Phi) is 4.56. The molecule has 4 heteroatoms. The molecule has 1 fully saturated rings. The summed E-state index contributed by atoms with van der Waals surface area (Å²) < 4.78 is 5.70. The second kappa shape index (κ2) is 6.17. The monoisotopic (exact) mass is 262 g/mol. The fraction of sp³-hybridized carbons (Fsp3) is 0.533. The Morgan fingerprint density at radius 2 is 2.21 bits per heavy atom. The largest absolute Gasteiger partial charge is 0.374 e. The molecule has 4 nitrogen and oxygen atoms in total. The molecule has 0 spiro atoms. The maximum atomic E-state index is 12.4. The molecule has 1 atom stereocenters. The zero-order valence-corrected chi connectivity index (χ0v) is 11.9. The molecule has 0 saturated carbocycles. The number of ether oxygens (including phenoxy) is 1. The van der Waals surface area contributed by atoms with Crippen LogP contribution in [0.4, 0.5) is 0 Å². The molecule has 1 unspecified atom stereocenters. The quantitative estimate of drug-likeness (QED) is 0.825. The van der Waals surface area contributed by atoms with Crippen molar-refractivity contribution in [2.75, 3.05) is 40.3 Å². The number of rotatable bonds is 3. The van der Waals surface area contributed by atoms with Crippen LogP contribution in [0.15, 0.2) is 24.3 Å². The summed E-state index contributed by atoms with van der Waals surface area (Å²) in [6.45, 7) is 5.19. The molecule has 0 aliphatic carbocycles. The van der Waals surface area contributed by atoms with Crippen molar-refractivity contribution in [2.45, 2.75) is 13.0 Å². The standard InChI is InChI=1S/C15H22N2O2/c1-12-6-4-5-7-14(12)15(18)17(3)11-13-10-16(2)8-9-19-13/h4-7,13H,8-11H2,1-3H3. The van der Waals surface area contributed by atoms with Crippen LogP contribution in [0.1, 0.15) is 15.9 Å². The highest BCUT2D eigenvalue weighted by molar-refractivity contribution is 5.95. The van der Waals surface area contributed by atoms with Crippen LogP contribution in [0.3, 0.4) is 0 Å². The summed E-state index contributed by atoms with van der Waals surface area (Å²) in [6, 6.07) is 7.69. The number of carbonyl (C=O) groups excluding carboxylic acids is 1. The first-order valence-electron chi connectivity index (χ1n) is 6.69. The van der Waals surface area contributed by atoms with Crippen molar-refractivity contribution in [1.29, 1.82) is 0 Å². The molecular formula is C15H22N2O2. The summed E-state index contributed by atoms with van der Waals surface area (Å²) in [5.74, 6) is 0.0647. The molecule has 2 rings (SSSR count). The number of likely N-dealkylation sites (N-methyl/N-ethyl adjacent to an activating group) is 2. The summed E-state index contributed by atoms with van der Waals surface area (Å²) in [4.78, 5) is 16.4. The molecule has 0 N–H and O–H groups in total. The van der Waals surface area contributed by atoms with Gasteiger partial charge in [-0.25, -0.2) is 0 Å². The minimum absolute atomic E-state index is 0.0647. The first-order chi connectivity index (χ1) is 9.08. The number of amides is 1. The predicted octanol–water partition coefficient (Wildman–Crippen LogP) is 1.40. The minimum Gasteiger partial charge on any atom is -0.374 e. The van der Waals surface area contributed by atoms with Gasteiger partial charge in [-0.05, 0) is 25.6 Å². The van der Waals surface area contributed by atoms with Gasteiger partial charge in [-0.3, -0.25) is 4.79 Å². The van der Waals surface area contributed by atoms with E-state index in [2.05, 4.69) is 11.9 Å². The van der Waals surface area contributed by atoms with E-state index in [0.29, 0.717) is 6.54 Å². The molecule has 1 aliphatic heterocycles. The van der Waals surface area contributed by atoms with Gasteiger partial charge in [0.1, 0.15) is 0 Å². The highest BCUT2D eigenvalue weighted by atomic mass is 16.5. The lowest BCUT2D eigenvalue weighted by molar-refractivity contribution is -0.0301. The third kappa shape index (κ3) is 3.55. The molecule has 1 heterocycles. The SMILES string of the molecule is Cc1ccccc1C(=O)N(C)CC1CN(C)CCO1. The number of hydrogen-bond acceptors (Lipinski definition) is 3. The van der Waals surface area contributed by atoms with E-state index in [1.165, 1.54) is 0 Å². The van der Waals surface area contributed by atoms with Crippen molar-refractivity contribution >= 4 is 5.91 Å². The molecule has 19 heavy (non-hydrogen) atoms. The first kappa shape index (κ1) is 14.0. The van der Waals surface area contributed by atoms with E-state index in [1.807, 2.05) is 38.2 Å². The van der Waals surface area contributed by atoms with E-state index in [4.69, 9.17) is 4.74 Å². The van der Waals surface area contributed by atoms with Gasteiger partial charge in [0.15, 0.2) is 0 Å². The lowest BCUT2D eigenvalue weighted by Gasteiger charge is -2.32. The molecule has 1 aliphatic rings. The van der Waals surface area contributed by atoms with Crippen molar-refractivity contribution < 1.29 is 9.53 Å². The molecule has 0 radical (unpaired) electrons. The smallest absolute Gasteiger partial charge is 0.253 e. The number of morpholine rings is 1. The van der Waals surface area contributed by atoms with Gasteiger partial charge in [0, 0.05) is 32.2 Å². The molecule has 1 aromatic rings. The summed E-state index contributed by atoms with van der Waals surface area (Å²) >= 11 is 0. The normalized spacial score (nSPS) is 20.3. The second-order valence-corrected chi connectivity index (χ2v) is 5.26. The molecular weight excluding hydrogens is 240 g/mol. The average molecular weight is 262 g/mol. The highest BCUT2D eigenvalue weighted by Crippen LogP contribution is 2.11. The first-order valence-corrected chi connectivity index (χ1v) is 6.69. The number of hydrogen-bond donors (Lipinski definition) is 0. The Bertz CT molecular complexity index is 448. The number of benzene rings is 1. The average Bonchev–Trinajstić information content (AvgIpc) is 2.38. The summed E-state index contributed by atoms with van der Waals surface area (Å²) in [5.41, 5.74) is 1.79. The van der Waals surface area contributed by atoms with Crippen molar-refractivity contribution in [3.05, 3.63) is 35.4 Å². The Labute approximate surface area is 115 Å². The van der Waals surface area contributed by atoms with Gasteiger partial charge < -0.3 is 14.5 Å². The summed E-state index contributed by atoms with van der Waals surface area (Å²) in [6.07, 6.45) is 0.108. The van der Waals surface area contributed by atoms with Crippen molar-refractivity contribution in [3.8, 4) is 0 Å². The zero-order valence-electron chi connectivity index (χ0n) is 11.9. The van der Waals surface area contributed by atoms with E-state index in [-0.39, 0.29) is 12.0 Å². The van der Waals surface area contributed by atoms with Gasteiger partial charge in [0.2, 0.25) is 0 Å². The Hall–Kier alpha value is -1.39. The molecule has 0 aromatic heterocycles. The van der Waals surface area contributed by atoms with Crippen LogP contribution in [-0.2, 0) is 4.74 Å². The molecule has 1 saturated heterocycles. The molecule has 1 aromatic carbocycles.